The number of carbonyl (C=O) groups is 1. The van der Waals surface area contributed by atoms with E-state index in [4.69, 9.17) is 0 Å². The number of fused-ring (bicyclic) bond motifs is 1. The SMILES string of the molecule is CCC(=O)c1ccc2cc(O)c(O)cc2c1C. The summed E-state index contributed by atoms with van der Waals surface area (Å²) >= 11 is 0. The van der Waals surface area contributed by atoms with Gasteiger partial charge in [-0.25, -0.2) is 0 Å². The van der Waals surface area contributed by atoms with Crippen molar-refractivity contribution in [3.05, 3.63) is 35.4 Å². The molecular weight excluding hydrogens is 216 g/mol. The minimum atomic E-state index is -0.165. The zero-order chi connectivity index (χ0) is 12.6. The predicted octanol–water partition coefficient (Wildman–Crippen LogP) is 3.15. The molecule has 0 saturated carbocycles. The lowest BCUT2D eigenvalue weighted by molar-refractivity contribution is 0.0987. The molecule has 0 radical (unpaired) electrons. The smallest absolute Gasteiger partial charge is 0.162 e. The molecule has 2 N–H and O–H groups in total. The van der Waals surface area contributed by atoms with E-state index in [-0.39, 0.29) is 17.3 Å². The van der Waals surface area contributed by atoms with Crippen molar-refractivity contribution >= 4 is 16.6 Å². The molecular formula is C14H14O3. The number of phenolic OH excluding ortho intramolecular Hbond substituents is 2. The van der Waals surface area contributed by atoms with Crippen molar-refractivity contribution in [2.24, 2.45) is 0 Å². The van der Waals surface area contributed by atoms with E-state index in [1.165, 1.54) is 12.1 Å². The highest BCUT2D eigenvalue weighted by Gasteiger charge is 2.11. The zero-order valence-corrected chi connectivity index (χ0v) is 9.82. The van der Waals surface area contributed by atoms with Gasteiger partial charge in [-0.05, 0) is 35.4 Å². The van der Waals surface area contributed by atoms with Gasteiger partial charge in [-0.3, -0.25) is 4.79 Å². The first-order chi connectivity index (χ1) is 8.04. The average molecular weight is 230 g/mol. The topological polar surface area (TPSA) is 57.5 Å². The Morgan fingerprint density at radius 3 is 2.47 bits per heavy atom. The molecule has 17 heavy (non-hydrogen) atoms. The maximum absolute atomic E-state index is 11.7. The van der Waals surface area contributed by atoms with Gasteiger partial charge in [0.05, 0.1) is 0 Å². The van der Waals surface area contributed by atoms with E-state index in [0.717, 1.165) is 16.3 Å². The van der Waals surface area contributed by atoms with Crippen molar-refractivity contribution in [2.75, 3.05) is 0 Å². The lowest BCUT2D eigenvalue weighted by Gasteiger charge is -2.09. The van der Waals surface area contributed by atoms with Crippen molar-refractivity contribution < 1.29 is 15.0 Å². The van der Waals surface area contributed by atoms with Crippen LogP contribution in [0.1, 0.15) is 29.3 Å². The van der Waals surface area contributed by atoms with Crippen LogP contribution in [0.5, 0.6) is 11.5 Å². The van der Waals surface area contributed by atoms with Gasteiger partial charge >= 0.3 is 0 Å². The quantitative estimate of drug-likeness (QED) is 0.615. The van der Waals surface area contributed by atoms with E-state index in [1.807, 2.05) is 13.8 Å². The molecule has 3 heteroatoms. The highest BCUT2D eigenvalue weighted by atomic mass is 16.3. The molecule has 0 atom stereocenters. The Hall–Kier alpha value is -2.03. The van der Waals surface area contributed by atoms with Crippen LogP contribution < -0.4 is 0 Å². The third-order valence-corrected chi connectivity index (χ3v) is 3.01. The van der Waals surface area contributed by atoms with Crippen LogP contribution in [0.2, 0.25) is 0 Å². The first kappa shape index (κ1) is 11.5. The van der Waals surface area contributed by atoms with Gasteiger partial charge in [0.2, 0.25) is 0 Å². The molecule has 0 fully saturated rings. The number of hydrogen-bond acceptors (Lipinski definition) is 3. The van der Waals surface area contributed by atoms with Crippen LogP contribution in [-0.4, -0.2) is 16.0 Å². The fourth-order valence-corrected chi connectivity index (χ4v) is 1.99. The Kier molecular flexibility index (Phi) is 2.76. The number of aryl methyl sites for hydroxylation is 1. The Morgan fingerprint density at radius 2 is 1.82 bits per heavy atom. The molecule has 2 rings (SSSR count). The maximum atomic E-state index is 11.7. The summed E-state index contributed by atoms with van der Waals surface area (Å²) in [5.74, 6) is -0.231. The summed E-state index contributed by atoms with van der Waals surface area (Å²) in [4.78, 5) is 11.7. The van der Waals surface area contributed by atoms with Crippen molar-refractivity contribution in [2.45, 2.75) is 20.3 Å². The fourth-order valence-electron chi connectivity index (χ4n) is 1.99. The van der Waals surface area contributed by atoms with Crippen LogP contribution in [0, 0.1) is 6.92 Å². The largest absolute Gasteiger partial charge is 0.504 e. The number of rotatable bonds is 2. The van der Waals surface area contributed by atoms with Gasteiger partial charge in [0.15, 0.2) is 17.3 Å². The number of benzene rings is 2. The van der Waals surface area contributed by atoms with Crippen molar-refractivity contribution in [3.63, 3.8) is 0 Å². The highest BCUT2D eigenvalue weighted by Crippen LogP contribution is 2.33. The number of phenols is 2. The lowest BCUT2D eigenvalue weighted by atomic mass is 9.96. The van der Waals surface area contributed by atoms with Gasteiger partial charge in [-0.2, -0.15) is 0 Å². The zero-order valence-electron chi connectivity index (χ0n) is 9.82. The molecule has 0 bridgehead atoms. The predicted molar refractivity (Wildman–Crippen MR) is 66.6 cm³/mol. The molecule has 0 aromatic heterocycles. The number of Topliss-reactive ketones (excluding diaryl/α,β-unsaturated/α-hetero) is 1. The monoisotopic (exact) mass is 230 g/mol. The maximum Gasteiger partial charge on any atom is 0.162 e. The number of aromatic hydroxyl groups is 2. The summed E-state index contributed by atoms with van der Waals surface area (Å²) in [6, 6.07) is 6.54. The first-order valence-electron chi connectivity index (χ1n) is 5.53. The Balaban J connectivity index is 2.75. The van der Waals surface area contributed by atoms with Crippen LogP contribution in [0.3, 0.4) is 0 Å². The molecule has 88 valence electrons. The molecule has 0 amide bonds. The standard InChI is InChI=1S/C14H14O3/c1-3-12(15)10-5-4-9-6-13(16)14(17)7-11(9)8(10)2/h4-7,16-17H,3H2,1-2H3. The average Bonchev–Trinajstić information content (AvgIpc) is 2.31. The number of ketones is 1. The second kappa shape index (κ2) is 4.09. The van der Waals surface area contributed by atoms with Crippen LogP contribution >= 0.6 is 0 Å². The minimum absolute atomic E-state index is 0.0805. The third kappa shape index (κ3) is 1.84. The molecule has 2 aromatic rings. The van der Waals surface area contributed by atoms with E-state index in [0.29, 0.717) is 12.0 Å². The van der Waals surface area contributed by atoms with E-state index in [9.17, 15) is 15.0 Å². The Morgan fingerprint density at radius 1 is 1.18 bits per heavy atom. The molecule has 3 nitrogen and oxygen atoms in total. The van der Waals surface area contributed by atoms with E-state index < -0.39 is 0 Å². The van der Waals surface area contributed by atoms with Crippen LogP contribution in [0.25, 0.3) is 10.8 Å². The third-order valence-electron chi connectivity index (χ3n) is 3.01. The molecule has 0 spiro atoms. The van der Waals surface area contributed by atoms with Crippen molar-refractivity contribution in [3.8, 4) is 11.5 Å². The second-order valence-corrected chi connectivity index (χ2v) is 4.08. The van der Waals surface area contributed by atoms with E-state index in [1.54, 1.807) is 12.1 Å². The molecule has 0 saturated heterocycles. The van der Waals surface area contributed by atoms with Crippen LogP contribution in [0.4, 0.5) is 0 Å². The van der Waals surface area contributed by atoms with Gasteiger partial charge < -0.3 is 10.2 Å². The van der Waals surface area contributed by atoms with Crippen LogP contribution in [-0.2, 0) is 0 Å². The lowest BCUT2D eigenvalue weighted by Crippen LogP contribution is -2.00. The van der Waals surface area contributed by atoms with Crippen molar-refractivity contribution in [1.29, 1.82) is 0 Å². The fraction of sp³-hybridized carbons (Fsp3) is 0.214. The Labute approximate surface area is 99.3 Å². The normalized spacial score (nSPS) is 10.7. The van der Waals surface area contributed by atoms with Gasteiger partial charge in [0.25, 0.3) is 0 Å². The summed E-state index contributed by atoms with van der Waals surface area (Å²) in [6.45, 7) is 3.67. The van der Waals surface area contributed by atoms with E-state index in [2.05, 4.69) is 0 Å². The second-order valence-electron chi connectivity index (χ2n) is 4.08. The van der Waals surface area contributed by atoms with Crippen LogP contribution in [0.15, 0.2) is 24.3 Å². The summed E-state index contributed by atoms with van der Waals surface area (Å²) in [5, 5.41) is 20.5. The molecule has 0 aliphatic heterocycles. The van der Waals surface area contributed by atoms with Gasteiger partial charge in [-0.1, -0.05) is 19.1 Å². The van der Waals surface area contributed by atoms with Crippen molar-refractivity contribution in [1.82, 2.24) is 0 Å². The van der Waals surface area contributed by atoms with Gasteiger partial charge in [0, 0.05) is 12.0 Å². The summed E-state index contributed by atoms with van der Waals surface area (Å²) in [7, 11) is 0. The van der Waals surface area contributed by atoms with Gasteiger partial charge in [0.1, 0.15) is 0 Å². The number of carbonyl (C=O) groups excluding carboxylic acids is 1. The Bertz CT molecular complexity index is 600. The molecule has 0 aliphatic carbocycles. The molecule has 0 aliphatic rings. The summed E-state index contributed by atoms with van der Waals surface area (Å²) < 4.78 is 0. The summed E-state index contributed by atoms with van der Waals surface area (Å²) in [6.07, 6.45) is 0.455. The highest BCUT2D eigenvalue weighted by molar-refractivity contribution is 6.02. The number of hydrogen-bond donors (Lipinski definition) is 2. The first-order valence-corrected chi connectivity index (χ1v) is 5.53. The van der Waals surface area contributed by atoms with Gasteiger partial charge in [-0.15, -0.1) is 0 Å². The van der Waals surface area contributed by atoms with E-state index >= 15 is 0 Å². The molecule has 0 heterocycles. The molecule has 2 aromatic carbocycles. The molecule has 0 unspecified atom stereocenters. The minimum Gasteiger partial charge on any atom is -0.504 e. The summed E-state index contributed by atoms with van der Waals surface area (Å²) in [5.41, 5.74) is 1.51.